The molecule has 102 valence electrons. The van der Waals surface area contributed by atoms with Crippen LogP contribution in [0.2, 0.25) is 0 Å². The van der Waals surface area contributed by atoms with Crippen molar-refractivity contribution in [3.63, 3.8) is 0 Å². The van der Waals surface area contributed by atoms with Crippen molar-refractivity contribution in [3.8, 4) is 5.75 Å². The lowest BCUT2D eigenvalue weighted by Gasteiger charge is -2.22. The van der Waals surface area contributed by atoms with Crippen LogP contribution in [-0.4, -0.2) is 23.9 Å². The van der Waals surface area contributed by atoms with Crippen LogP contribution in [0.3, 0.4) is 0 Å². The molecule has 0 radical (unpaired) electrons. The quantitative estimate of drug-likeness (QED) is 0.817. The fraction of sp³-hybridized carbons (Fsp3) is 0.600. The van der Waals surface area contributed by atoms with Crippen molar-refractivity contribution >= 4 is 0 Å². The SMILES string of the molecule is Cc1ccc(C(C)C)c(OCCC(C)(N)CO)c1. The Labute approximate surface area is 110 Å². The highest BCUT2D eigenvalue weighted by molar-refractivity contribution is 5.39. The number of rotatable bonds is 6. The fourth-order valence-electron chi connectivity index (χ4n) is 1.72. The number of hydrogen-bond acceptors (Lipinski definition) is 3. The van der Waals surface area contributed by atoms with Crippen molar-refractivity contribution in [1.82, 2.24) is 0 Å². The van der Waals surface area contributed by atoms with E-state index < -0.39 is 5.54 Å². The Bertz CT molecular complexity index is 386. The van der Waals surface area contributed by atoms with Gasteiger partial charge in [-0.2, -0.15) is 0 Å². The average Bonchev–Trinajstić information content (AvgIpc) is 2.28. The number of aliphatic hydroxyl groups is 1. The normalized spacial score (nSPS) is 14.6. The molecule has 0 saturated carbocycles. The van der Waals surface area contributed by atoms with Gasteiger partial charge in [-0.15, -0.1) is 0 Å². The number of aryl methyl sites for hydroxylation is 1. The first kappa shape index (κ1) is 15.0. The highest BCUT2D eigenvalue weighted by Gasteiger charge is 2.17. The van der Waals surface area contributed by atoms with Gasteiger partial charge in [0.15, 0.2) is 0 Å². The molecule has 0 aliphatic heterocycles. The van der Waals surface area contributed by atoms with Crippen LogP contribution in [0.1, 0.15) is 44.2 Å². The smallest absolute Gasteiger partial charge is 0.123 e. The zero-order valence-corrected chi connectivity index (χ0v) is 11.9. The third-order valence-electron chi connectivity index (χ3n) is 3.08. The van der Waals surface area contributed by atoms with E-state index in [2.05, 4.69) is 39.0 Å². The summed E-state index contributed by atoms with van der Waals surface area (Å²) in [6.07, 6.45) is 0.634. The Kier molecular flexibility index (Phi) is 5.17. The van der Waals surface area contributed by atoms with E-state index in [-0.39, 0.29) is 6.61 Å². The van der Waals surface area contributed by atoms with Gasteiger partial charge in [-0.25, -0.2) is 0 Å². The summed E-state index contributed by atoms with van der Waals surface area (Å²) in [6.45, 7) is 8.68. The zero-order chi connectivity index (χ0) is 13.8. The van der Waals surface area contributed by atoms with Gasteiger partial charge in [0, 0.05) is 12.0 Å². The first-order valence-corrected chi connectivity index (χ1v) is 6.49. The summed E-state index contributed by atoms with van der Waals surface area (Å²) in [5, 5.41) is 9.10. The number of ether oxygens (including phenoxy) is 1. The minimum absolute atomic E-state index is 0.0266. The van der Waals surface area contributed by atoms with Gasteiger partial charge < -0.3 is 15.6 Å². The lowest BCUT2D eigenvalue weighted by atomic mass is 10.00. The standard InChI is InChI=1S/C15H25NO2/c1-11(2)13-6-5-12(3)9-14(13)18-8-7-15(4,16)10-17/h5-6,9,11,17H,7-8,10,16H2,1-4H3. The summed E-state index contributed by atoms with van der Waals surface area (Å²) in [5.41, 5.74) is 7.71. The maximum absolute atomic E-state index is 9.10. The van der Waals surface area contributed by atoms with Gasteiger partial charge in [-0.3, -0.25) is 0 Å². The van der Waals surface area contributed by atoms with Gasteiger partial charge in [-0.05, 0) is 37.0 Å². The van der Waals surface area contributed by atoms with E-state index in [4.69, 9.17) is 15.6 Å². The van der Waals surface area contributed by atoms with Crippen molar-refractivity contribution in [2.45, 2.75) is 45.6 Å². The Morgan fingerprint density at radius 1 is 1.39 bits per heavy atom. The molecule has 1 rings (SSSR count). The Morgan fingerprint density at radius 2 is 2.06 bits per heavy atom. The first-order valence-electron chi connectivity index (χ1n) is 6.49. The molecular formula is C15H25NO2. The molecule has 1 unspecified atom stereocenters. The van der Waals surface area contributed by atoms with Crippen LogP contribution in [0.25, 0.3) is 0 Å². The second kappa shape index (κ2) is 6.21. The molecule has 18 heavy (non-hydrogen) atoms. The van der Waals surface area contributed by atoms with Crippen molar-refractivity contribution in [2.24, 2.45) is 5.73 Å². The highest BCUT2D eigenvalue weighted by atomic mass is 16.5. The predicted octanol–water partition coefficient (Wildman–Crippen LogP) is 2.60. The molecule has 0 fully saturated rings. The van der Waals surface area contributed by atoms with Crippen LogP contribution in [0, 0.1) is 6.92 Å². The van der Waals surface area contributed by atoms with Crippen molar-refractivity contribution in [2.75, 3.05) is 13.2 Å². The van der Waals surface area contributed by atoms with E-state index in [1.54, 1.807) is 0 Å². The topological polar surface area (TPSA) is 55.5 Å². The van der Waals surface area contributed by atoms with Gasteiger partial charge in [0.2, 0.25) is 0 Å². The molecular weight excluding hydrogens is 226 g/mol. The molecule has 0 bridgehead atoms. The molecule has 3 heteroatoms. The summed E-state index contributed by atoms with van der Waals surface area (Å²) in [6, 6.07) is 6.27. The maximum atomic E-state index is 9.10. The van der Waals surface area contributed by atoms with Crippen LogP contribution in [0.5, 0.6) is 5.75 Å². The highest BCUT2D eigenvalue weighted by Crippen LogP contribution is 2.27. The van der Waals surface area contributed by atoms with Gasteiger partial charge in [-0.1, -0.05) is 26.0 Å². The van der Waals surface area contributed by atoms with Gasteiger partial charge >= 0.3 is 0 Å². The Balaban J connectivity index is 2.69. The van der Waals surface area contributed by atoms with E-state index in [0.29, 0.717) is 18.9 Å². The number of benzene rings is 1. The fourth-order valence-corrected chi connectivity index (χ4v) is 1.72. The zero-order valence-electron chi connectivity index (χ0n) is 11.9. The van der Waals surface area contributed by atoms with E-state index in [9.17, 15) is 0 Å². The molecule has 0 aliphatic carbocycles. The van der Waals surface area contributed by atoms with Crippen molar-refractivity contribution < 1.29 is 9.84 Å². The molecule has 1 aromatic carbocycles. The van der Waals surface area contributed by atoms with Crippen molar-refractivity contribution in [3.05, 3.63) is 29.3 Å². The lowest BCUT2D eigenvalue weighted by Crippen LogP contribution is -2.41. The summed E-state index contributed by atoms with van der Waals surface area (Å²) >= 11 is 0. The van der Waals surface area contributed by atoms with E-state index in [1.807, 2.05) is 6.92 Å². The average molecular weight is 251 g/mol. The lowest BCUT2D eigenvalue weighted by molar-refractivity contribution is 0.174. The molecule has 0 spiro atoms. The molecule has 0 heterocycles. The Morgan fingerprint density at radius 3 is 2.61 bits per heavy atom. The second-order valence-electron chi connectivity index (χ2n) is 5.61. The molecule has 0 saturated heterocycles. The monoisotopic (exact) mass is 251 g/mol. The largest absolute Gasteiger partial charge is 0.493 e. The number of hydrogen-bond donors (Lipinski definition) is 2. The number of aliphatic hydroxyl groups excluding tert-OH is 1. The van der Waals surface area contributed by atoms with Crippen LogP contribution in [-0.2, 0) is 0 Å². The van der Waals surface area contributed by atoms with E-state index in [0.717, 1.165) is 5.75 Å². The molecule has 3 N–H and O–H groups in total. The van der Waals surface area contributed by atoms with Crippen LogP contribution < -0.4 is 10.5 Å². The maximum Gasteiger partial charge on any atom is 0.123 e. The minimum atomic E-state index is -0.568. The molecule has 1 atom stereocenters. The van der Waals surface area contributed by atoms with Crippen LogP contribution >= 0.6 is 0 Å². The molecule has 0 aromatic heterocycles. The number of nitrogens with two attached hydrogens (primary N) is 1. The van der Waals surface area contributed by atoms with Crippen molar-refractivity contribution in [1.29, 1.82) is 0 Å². The summed E-state index contributed by atoms with van der Waals surface area (Å²) in [7, 11) is 0. The van der Waals surface area contributed by atoms with Gasteiger partial charge in [0.1, 0.15) is 5.75 Å². The van der Waals surface area contributed by atoms with Crippen LogP contribution in [0.15, 0.2) is 18.2 Å². The summed E-state index contributed by atoms with van der Waals surface area (Å²) in [4.78, 5) is 0. The molecule has 1 aromatic rings. The van der Waals surface area contributed by atoms with E-state index >= 15 is 0 Å². The summed E-state index contributed by atoms with van der Waals surface area (Å²) < 4.78 is 5.83. The van der Waals surface area contributed by atoms with Gasteiger partial charge in [0.25, 0.3) is 0 Å². The Hall–Kier alpha value is -1.06. The molecule has 3 nitrogen and oxygen atoms in total. The third kappa shape index (κ3) is 4.31. The second-order valence-corrected chi connectivity index (χ2v) is 5.61. The predicted molar refractivity (Wildman–Crippen MR) is 75.1 cm³/mol. The third-order valence-corrected chi connectivity index (χ3v) is 3.08. The summed E-state index contributed by atoms with van der Waals surface area (Å²) in [5.74, 6) is 1.36. The van der Waals surface area contributed by atoms with E-state index in [1.165, 1.54) is 11.1 Å². The molecule has 0 aliphatic rings. The molecule has 0 amide bonds. The minimum Gasteiger partial charge on any atom is -0.493 e. The van der Waals surface area contributed by atoms with Gasteiger partial charge in [0.05, 0.1) is 13.2 Å². The van der Waals surface area contributed by atoms with Crippen LogP contribution in [0.4, 0.5) is 0 Å². The first-order chi connectivity index (χ1) is 8.35.